The van der Waals surface area contributed by atoms with E-state index in [1.165, 1.54) is 6.33 Å². The van der Waals surface area contributed by atoms with E-state index in [0.717, 1.165) is 11.5 Å². The Labute approximate surface area is 98.3 Å². The third-order valence-corrected chi connectivity index (χ3v) is 2.32. The number of nitrogens with zero attached hydrogens (tertiary/aromatic N) is 4. The molecule has 0 aliphatic rings. The number of aromatic nitrogens is 4. The molecule has 0 bridgehead atoms. The molecule has 0 aliphatic carbocycles. The SMILES string of the molecule is CNC(=O)CCNc1cc(C)nc2ncnn12. The number of amides is 1. The summed E-state index contributed by atoms with van der Waals surface area (Å²) in [6.45, 7) is 2.43. The highest BCUT2D eigenvalue weighted by Gasteiger charge is 2.05. The summed E-state index contributed by atoms with van der Waals surface area (Å²) in [5, 5.41) is 9.77. The molecular weight excluding hydrogens is 220 g/mol. The van der Waals surface area contributed by atoms with Crippen molar-refractivity contribution in [1.29, 1.82) is 0 Å². The van der Waals surface area contributed by atoms with Crippen LogP contribution in [0, 0.1) is 6.92 Å². The van der Waals surface area contributed by atoms with Crippen LogP contribution in [0.25, 0.3) is 5.78 Å². The van der Waals surface area contributed by atoms with Crippen molar-refractivity contribution in [3.05, 3.63) is 18.1 Å². The highest BCUT2D eigenvalue weighted by Crippen LogP contribution is 2.09. The van der Waals surface area contributed by atoms with E-state index >= 15 is 0 Å². The van der Waals surface area contributed by atoms with Gasteiger partial charge in [0, 0.05) is 31.8 Å². The van der Waals surface area contributed by atoms with Gasteiger partial charge >= 0.3 is 0 Å². The molecule has 0 spiro atoms. The molecule has 1 amide bonds. The number of hydrogen-bond donors (Lipinski definition) is 2. The highest BCUT2D eigenvalue weighted by atomic mass is 16.1. The lowest BCUT2D eigenvalue weighted by atomic mass is 10.4. The summed E-state index contributed by atoms with van der Waals surface area (Å²) in [4.78, 5) is 19.3. The smallest absolute Gasteiger partial charge is 0.254 e. The minimum absolute atomic E-state index is 0.00175. The van der Waals surface area contributed by atoms with E-state index < -0.39 is 0 Å². The summed E-state index contributed by atoms with van der Waals surface area (Å²) in [5.41, 5.74) is 0.855. The predicted molar refractivity (Wildman–Crippen MR) is 62.7 cm³/mol. The van der Waals surface area contributed by atoms with Crippen molar-refractivity contribution < 1.29 is 4.79 Å². The first-order valence-electron chi connectivity index (χ1n) is 5.32. The monoisotopic (exact) mass is 234 g/mol. The maximum absolute atomic E-state index is 11.1. The fourth-order valence-corrected chi connectivity index (χ4v) is 1.49. The van der Waals surface area contributed by atoms with Crippen molar-refractivity contribution in [2.45, 2.75) is 13.3 Å². The minimum Gasteiger partial charge on any atom is -0.369 e. The molecule has 17 heavy (non-hydrogen) atoms. The second-order valence-corrected chi connectivity index (χ2v) is 3.60. The van der Waals surface area contributed by atoms with Gasteiger partial charge in [0.1, 0.15) is 12.1 Å². The zero-order valence-corrected chi connectivity index (χ0v) is 9.77. The van der Waals surface area contributed by atoms with Crippen LogP contribution in [0.1, 0.15) is 12.1 Å². The summed E-state index contributed by atoms with van der Waals surface area (Å²) in [5.74, 6) is 1.33. The summed E-state index contributed by atoms with van der Waals surface area (Å²) < 4.78 is 1.61. The van der Waals surface area contributed by atoms with Crippen molar-refractivity contribution >= 4 is 17.5 Å². The molecule has 7 nitrogen and oxygen atoms in total. The molecule has 7 heteroatoms. The van der Waals surface area contributed by atoms with Crippen LogP contribution < -0.4 is 10.6 Å². The van der Waals surface area contributed by atoms with Crippen LogP contribution in [0.4, 0.5) is 5.82 Å². The number of anilines is 1. The molecule has 2 N–H and O–H groups in total. The number of hydrogen-bond acceptors (Lipinski definition) is 5. The average Bonchev–Trinajstić information content (AvgIpc) is 2.76. The van der Waals surface area contributed by atoms with Crippen molar-refractivity contribution in [2.75, 3.05) is 18.9 Å². The molecule has 2 heterocycles. The molecular formula is C10H14N6O. The standard InChI is InChI=1S/C10H14N6O/c1-7-5-8(12-4-3-9(17)11-2)16-10(15-7)13-6-14-16/h5-6,12H,3-4H2,1-2H3,(H,11,17). The zero-order valence-electron chi connectivity index (χ0n) is 9.77. The van der Waals surface area contributed by atoms with Crippen LogP contribution in [0.5, 0.6) is 0 Å². The Kier molecular flexibility index (Phi) is 3.17. The van der Waals surface area contributed by atoms with Crippen LogP contribution in [-0.4, -0.2) is 39.1 Å². The van der Waals surface area contributed by atoms with Crippen LogP contribution >= 0.6 is 0 Å². The van der Waals surface area contributed by atoms with Crippen LogP contribution in [0.15, 0.2) is 12.4 Å². The van der Waals surface area contributed by atoms with E-state index in [0.29, 0.717) is 18.7 Å². The Morgan fingerprint density at radius 2 is 2.35 bits per heavy atom. The summed E-state index contributed by atoms with van der Waals surface area (Å²) in [6, 6.07) is 1.87. The quantitative estimate of drug-likeness (QED) is 0.776. The van der Waals surface area contributed by atoms with E-state index in [1.54, 1.807) is 11.6 Å². The first kappa shape index (κ1) is 11.3. The Morgan fingerprint density at radius 3 is 3.12 bits per heavy atom. The van der Waals surface area contributed by atoms with Gasteiger partial charge in [-0.05, 0) is 6.92 Å². The van der Waals surface area contributed by atoms with Crippen molar-refractivity contribution in [3.63, 3.8) is 0 Å². The largest absolute Gasteiger partial charge is 0.369 e. The number of nitrogens with one attached hydrogen (secondary N) is 2. The van der Waals surface area contributed by atoms with Gasteiger partial charge in [0.2, 0.25) is 5.91 Å². The Hall–Kier alpha value is -2.18. The van der Waals surface area contributed by atoms with Gasteiger partial charge in [-0.1, -0.05) is 0 Å². The highest BCUT2D eigenvalue weighted by molar-refractivity contribution is 5.76. The van der Waals surface area contributed by atoms with Gasteiger partial charge < -0.3 is 10.6 Å². The third kappa shape index (κ3) is 2.49. The van der Waals surface area contributed by atoms with Crippen molar-refractivity contribution in [1.82, 2.24) is 24.9 Å². The average molecular weight is 234 g/mol. The van der Waals surface area contributed by atoms with E-state index in [2.05, 4.69) is 25.7 Å². The lowest BCUT2D eigenvalue weighted by Gasteiger charge is -2.07. The fraction of sp³-hybridized carbons (Fsp3) is 0.400. The third-order valence-electron chi connectivity index (χ3n) is 2.32. The summed E-state index contributed by atoms with van der Waals surface area (Å²) >= 11 is 0. The lowest BCUT2D eigenvalue weighted by Crippen LogP contribution is -2.21. The van der Waals surface area contributed by atoms with Gasteiger partial charge in [-0.15, -0.1) is 0 Å². The van der Waals surface area contributed by atoms with Crippen LogP contribution in [0.2, 0.25) is 0 Å². The zero-order chi connectivity index (χ0) is 12.3. The van der Waals surface area contributed by atoms with Crippen LogP contribution in [-0.2, 0) is 4.79 Å². The van der Waals surface area contributed by atoms with Gasteiger partial charge in [-0.25, -0.2) is 4.98 Å². The fourth-order valence-electron chi connectivity index (χ4n) is 1.49. The van der Waals surface area contributed by atoms with E-state index in [9.17, 15) is 4.79 Å². The molecule has 0 fully saturated rings. The first-order valence-corrected chi connectivity index (χ1v) is 5.32. The molecule has 0 saturated heterocycles. The normalized spacial score (nSPS) is 10.5. The Bertz CT molecular complexity index is 535. The molecule has 0 atom stereocenters. The maximum Gasteiger partial charge on any atom is 0.254 e. The van der Waals surface area contributed by atoms with Gasteiger partial charge in [0.15, 0.2) is 0 Å². The number of rotatable bonds is 4. The molecule has 0 unspecified atom stereocenters. The van der Waals surface area contributed by atoms with E-state index in [1.807, 2.05) is 13.0 Å². The number of carbonyl (C=O) groups excluding carboxylic acids is 1. The second-order valence-electron chi connectivity index (χ2n) is 3.60. The minimum atomic E-state index is -0.00175. The first-order chi connectivity index (χ1) is 8.20. The Balaban J connectivity index is 2.12. The lowest BCUT2D eigenvalue weighted by molar-refractivity contribution is -0.120. The molecule has 2 rings (SSSR count). The maximum atomic E-state index is 11.1. The molecule has 2 aromatic rings. The van der Waals surface area contributed by atoms with Gasteiger partial charge in [0.25, 0.3) is 5.78 Å². The molecule has 0 saturated carbocycles. The predicted octanol–water partition coefficient (Wildman–Crippen LogP) is -0.0193. The Morgan fingerprint density at radius 1 is 1.53 bits per heavy atom. The van der Waals surface area contributed by atoms with Crippen molar-refractivity contribution in [3.8, 4) is 0 Å². The van der Waals surface area contributed by atoms with Gasteiger partial charge in [-0.3, -0.25) is 4.79 Å². The number of aryl methyl sites for hydroxylation is 1. The van der Waals surface area contributed by atoms with E-state index in [4.69, 9.17) is 0 Å². The van der Waals surface area contributed by atoms with E-state index in [-0.39, 0.29) is 5.91 Å². The van der Waals surface area contributed by atoms with Crippen LogP contribution in [0.3, 0.4) is 0 Å². The summed E-state index contributed by atoms with van der Waals surface area (Å²) in [7, 11) is 1.62. The molecule has 0 aromatic carbocycles. The summed E-state index contributed by atoms with van der Waals surface area (Å²) in [6.07, 6.45) is 1.86. The molecule has 90 valence electrons. The van der Waals surface area contributed by atoms with Crippen molar-refractivity contribution in [2.24, 2.45) is 0 Å². The molecule has 2 aromatic heterocycles. The van der Waals surface area contributed by atoms with Gasteiger partial charge in [-0.2, -0.15) is 14.6 Å². The molecule has 0 radical (unpaired) electrons. The topological polar surface area (TPSA) is 84.2 Å². The number of fused-ring (bicyclic) bond motifs is 1. The van der Waals surface area contributed by atoms with Gasteiger partial charge in [0.05, 0.1) is 0 Å². The number of carbonyl (C=O) groups is 1. The molecule has 0 aliphatic heterocycles. The second kappa shape index (κ2) is 4.77.